The Bertz CT molecular complexity index is 66.1. The number of ether oxygens (including phenoxy) is 1. The zero-order chi connectivity index (χ0) is 5.70. The van der Waals surface area contributed by atoms with Crippen molar-refractivity contribution in [3.8, 4) is 0 Å². The van der Waals surface area contributed by atoms with Gasteiger partial charge in [0.15, 0.2) is 0 Å². The smallest absolute Gasteiger partial charge is 1.00 e. The van der Waals surface area contributed by atoms with Crippen LogP contribution in [-0.4, -0.2) is 13.2 Å². The molecule has 0 unspecified atom stereocenters. The maximum Gasteiger partial charge on any atom is 1.00 e. The zero-order valence-electron chi connectivity index (χ0n) is 6.15. The van der Waals surface area contributed by atoms with Crippen LogP contribution in [0.3, 0.4) is 0 Å². The summed E-state index contributed by atoms with van der Waals surface area (Å²) in [6.07, 6.45) is 4.95. The average molecular weight is 335 g/mol. The molecule has 0 saturated carbocycles. The summed E-state index contributed by atoms with van der Waals surface area (Å²) in [4.78, 5) is 0. The molecule has 2 radical (unpaired) electrons. The molecule has 0 saturated heterocycles. The number of methoxy groups -OCH3 is 1. The second-order valence-corrected chi connectivity index (χ2v) is 1.33. The molecule has 3 heteroatoms. The molecule has 0 bridgehead atoms. The summed E-state index contributed by atoms with van der Waals surface area (Å²) in [5.41, 5.74) is 0. The maximum absolute atomic E-state index is 4.85. The molecular formula is C6H11ClHgO. The van der Waals surface area contributed by atoms with E-state index in [1.54, 1.807) is 7.11 Å². The third kappa shape index (κ3) is 12.2. The van der Waals surface area contributed by atoms with E-state index in [2.05, 4.69) is 6.08 Å². The van der Waals surface area contributed by atoms with Gasteiger partial charge in [-0.05, 0) is 19.9 Å². The van der Waals surface area contributed by atoms with Gasteiger partial charge in [0.2, 0.25) is 0 Å². The minimum Gasteiger partial charge on any atom is -1.00 e. The van der Waals surface area contributed by atoms with E-state index in [0.717, 1.165) is 0 Å². The Hall–Kier alpha value is 0.925. The summed E-state index contributed by atoms with van der Waals surface area (Å²) in [6, 6.07) is 0. The van der Waals surface area contributed by atoms with Gasteiger partial charge in [0, 0.05) is 7.11 Å². The molecule has 0 aliphatic rings. The van der Waals surface area contributed by atoms with Crippen molar-refractivity contribution in [1.29, 1.82) is 0 Å². The Labute approximate surface area is 83.8 Å². The molecule has 0 heterocycles. The van der Waals surface area contributed by atoms with Gasteiger partial charge in [-0.25, -0.2) is 0 Å². The number of hydrogen-bond donors (Lipinski definition) is 0. The summed E-state index contributed by atoms with van der Waals surface area (Å²) in [7, 11) is 1.67. The summed E-state index contributed by atoms with van der Waals surface area (Å²) < 4.78 is 4.85. The first kappa shape index (κ1) is 16.5. The van der Waals surface area contributed by atoms with Crippen molar-refractivity contribution < 1.29 is 44.8 Å². The monoisotopic (exact) mass is 336 g/mol. The second kappa shape index (κ2) is 11.7. The van der Waals surface area contributed by atoms with E-state index >= 15 is 0 Å². The Morgan fingerprint density at radius 2 is 2.00 bits per heavy atom. The second-order valence-electron chi connectivity index (χ2n) is 1.33. The van der Waals surface area contributed by atoms with Gasteiger partial charge in [-0.15, -0.1) is 0 Å². The van der Waals surface area contributed by atoms with E-state index < -0.39 is 0 Å². The Morgan fingerprint density at radius 3 is 2.11 bits per heavy atom. The first-order valence-electron chi connectivity index (χ1n) is 2.38. The van der Waals surface area contributed by atoms with Crippen LogP contribution >= 0.6 is 0 Å². The van der Waals surface area contributed by atoms with Gasteiger partial charge in [0.25, 0.3) is 0 Å². The molecule has 1 nitrogen and oxygen atoms in total. The van der Waals surface area contributed by atoms with Crippen LogP contribution in [-0.2, 0) is 32.4 Å². The van der Waals surface area contributed by atoms with Gasteiger partial charge in [-0.2, -0.15) is 0 Å². The summed E-state index contributed by atoms with van der Waals surface area (Å²) in [5, 5.41) is 0. The fraction of sp³-hybridized carbons (Fsp3) is 0.667. The quantitative estimate of drug-likeness (QED) is 0.553. The van der Waals surface area contributed by atoms with Crippen molar-refractivity contribution in [2.45, 2.75) is 20.0 Å². The van der Waals surface area contributed by atoms with Crippen LogP contribution in [0.5, 0.6) is 0 Å². The molecular weight excluding hydrogens is 324 g/mol. The third-order valence-corrected chi connectivity index (χ3v) is 0.755. The van der Waals surface area contributed by atoms with E-state index in [1.807, 2.05) is 19.9 Å². The molecule has 0 aliphatic carbocycles. The number of halogens is 1. The molecule has 9 heavy (non-hydrogen) atoms. The topological polar surface area (TPSA) is 9.23 Å². The van der Waals surface area contributed by atoms with Crippen LogP contribution in [0.4, 0.5) is 0 Å². The van der Waals surface area contributed by atoms with Crippen molar-refractivity contribution in [3.63, 3.8) is 0 Å². The Balaban J connectivity index is -0.000000180. The van der Waals surface area contributed by atoms with Crippen LogP contribution in [0, 0.1) is 6.08 Å². The van der Waals surface area contributed by atoms with Crippen LogP contribution in [0.15, 0.2) is 6.08 Å². The minimum absolute atomic E-state index is 0. The standard InChI is InChI=1S/C6H11O.ClH.Hg/c1-4-5-6(2)7-3;;/h4,6H,1-3H3;1H;/q;;+1/p-1/t6-;;/m1../s1. The summed E-state index contributed by atoms with van der Waals surface area (Å²) >= 11 is 0. The van der Waals surface area contributed by atoms with E-state index in [9.17, 15) is 0 Å². The first-order chi connectivity index (χ1) is 3.31. The largest absolute Gasteiger partial charge is 1.00 e. The molecule has 0 rings (SSSR count). The molecule has 0 aromatic rings. The predicted octanol–water partition coefficient (Wildman–Crippen LogP) is -1.60. The molecule has 0 amide bonds. The average Bonchev–Trinajstić information content (AvgIpc) is 1.68. The van der Waals surface area contributed by atoms with Crippen LogP contribution < -0.4 is 12.4 Å². The molecule has 1 atom stereocenters. The van der Waals surface area contributed by atoms with E-state index in [1.165, 1.54) is 0 Å². The predicted molar refractivity (Wildman–Crippen MR) is 30.0 cm³/mol. The zero-order valence-corrected chi connectivity index (χ0v) is 12.4. The van der Waals surface area contributed by atoms with Gasteiger partial charge in [0.1, 0.15) is 0 Å². The molecule has 0 fully saturated rings. The SMILES string of the molecule is CC=[C][C@@H](C)OC.[Cl-].[Hg+]. The van der Waals surface area contributed by atoms with Gasteiger partial charge in [-0.1, -0.05) is 6.08 Å². The molecule has 0 spiro atoms. The number of rotatable bonds is 2. The minimum atomic E-state index is 0. The van der Waals surface area contributed by atoms with Crippen LogP contribution in [0.25, 0.3) is 0 Å². The molecule has 0 aliphatic heterocycles. The van der Waals surface area contributed by atoms with E-state index in [4.69, 9.17) is 4.74 Å². The van der Waals surface area contributed by atoms with Crippen molar-refractivity contribution >= 4 is 0 Å². The van der Waals surface area contributed by atoms with E-state index in [-0.39, 0.29) is 46.2 Å². The van der Waals surface area contributed by atoms with Crippen LogP contribution in [0.1, 0.15) is 13.8 Å². The van der Waals surface area contributed by atoms with Crippen molar-refractivity contribution in [1.82, 2.24) is 0 Å². The number of hydrogen-bond acceptors (Lipinski definition) is 1. The molecule has 0 N–H and O–H groups in total. The normalized spacial score (nSPS) is 11.9. The Morgan fingerprint density at radius 1 is 1.56 bits per heavy atom. The van der Waals surface area contributed by atoms with Crippen molar-refractivity contribution in [3.05, 3.63) is 12.2 Å². The molecule has 0 aromatic heterocycles. The fourth-order valence-electron chi connectivity index (χ4n) is 0.303. The van der Waals surface area contributed by atoms with Gasteiger partial charge >= 0.3 is 27.7 Å². The van der Waals surface area contributed by atoms with Gasteiger partial charge < -0.3 is 17.1 Å². The third-order valence-electron chi connectivity index (χ3n) is 0.755. The number of allylic oxidation sites excluding steroid dienone is 1. The maximum atomic E-state index is 4.85. The summed E-state index contributed by atoms with van der Waals surface area (Å²) in [6.45, 7) is 3.87. The fourth-order valence-corrected chi connectivity index (χ4v) is 0.303. The summed E-state index contributed by atoms with van der Waals surface area (Å²) in [5.74, 6) is 0. The molecule has 50 valence electrons. The van der Waals surface area contributed by atoms with Crippen molar-refractivity contribution in [2.75, 3.05) is 7.11 Å². The first-order valence-corrected chi connectivity index (χ1v) is 2.38. The van der Waals surface area contributed by atoms with Crippen LogP contribution in [0.2, 0.25) is 0 Å². The molecule has 0 aromatic carbocycles. The van der Waals surface area contributed by atoms with Gasteiger partial charge in [-0.3, -0.25) is 0 Å². The Kier molecular flexibility index (Phi) is 21.4. The van der Waals surface area contributed by atoms with Gasteiger partial charge in [0.05, 0.1) is 6.10 Å². The van der Waals surface area contributed by atoms with E-state index in [0.29, 0.717) is 0 Å². The van der Waals surface area contributed by atoms with Crippen molar-refractivity contribution in [2.24, 2.45) is 0 Å².